The average Bonchev–Trinajstić information content (AvgIpc) is 2.38. The van der Waals surface area contributed by atoms with Gasteiger partial charge in [-0.1, -0.05) is 13.8 Å². The number of halogens is 2. The molecule has 0 unspecified atom stereocenters. The Morgan fingerprint density at radius 3 is 2.60 bits per heavy atom. The molecular weight excluding hydrogens is 372 g/mol. The highest BCUT2D eigenvalue weighted by Gasteiger charge is 2.18. The van der Waals surface area contributed by atoms with Crippen molar-refractivity contribution in [3.8, 4) is 0 Å². The lowest BCUT2D eigenvalue weighted by molar-refractivity contribution is 0.195. The second kappa shape index (κ2) is 5.81. The molecule has 0 aliphatic heterocycles. The average molecular weight is 389 g/mol. The van der Waals surface area contributed by atoms with Gasteiger partial charge in [0.1, 0.15) is 5.82 Å². The summed E-state index contributed by atoms with van der Waals surface area (Å²) >= 11 is 1.88. The van der Waals surface area contributed by atoms with Crippen molar-refractivity contribution in [1.29, 1.82) is 0 Å². The third-order valence-electron chi connectivity index (χ3n) is 3.57. The molecule has 20 heavy (non-hydrogen) atoms. The molecule has 0 amide bonds. The number of pyridine rings is 1. The minimum Gasteiger partial charge on any atom is -0.394 e. The number of benzene rings is 1. The predicted octanol–water partition coefficient (Wildman–Crippen LogP) is 3.24. The van der Waals surface area contributed by atoms with Crippen molar-refractivity contribution >= 4 is 33.5 Å². The lowest BCUT2D eigenvalue weighted by Gasteiger charge is -2.24. The van der Waals surface area contributed by atoms with E-state index in [0.717, 1.165) is 0 Å². The summed E-state index contributed by atoms with van der Waals surface area (Å²) in [6, 6.07) is 2.77. The van der Waals surface area contributed by atoms with Crippen molar-refractivity contribution in [2.45, 2.75) is 26.8 Å². The third-order valence-corrected chi connectivity index (χ3v) is 4.39. The molecule has 1 N–H and O–H groups in total. The van der Waals surface area contributed by atoms with Gasteiger partial charge in [0.25, 0.3) is 0 Å². The number of aliphatic hydroxyl groups is 1. The Morgan fingerprint density at radius 1 is 1.40 bits per heavy atom. The summed E-state index contributed by atoms with van der Waals surface area (Å²) in [6.45, 7) is 5.67. The van der Waals surface area contributed by atoms with Gasteiger partial charge in [0.2, 0.25) is 0 Å². The Labute approximate surface area is 130 Å². The summed E-state index contributed by atoms with van der Waals surface area (Å²) in [5, 5.41) is 10.1. The SMILES string of the molecule is Cc1cn([C@@H](CO)C(C)C)c2cc(F)c(I)cc2c1=O. The van der Waals surface area contributed by atoms with E-state index >= 15 is 0 Å². The number of hydrogen-bond donors (Lipinski definition) is 1. The fourth-order valence-electron chi connectivity index (χ4n) is 2.38. The molecule has 1 heterocycles. The standard InChI is InChI=1S/C15H17FINO2/c1-8(2)14(7-19)18-6-9(3)15(20)10-4-12(17)11(16)5-13(10)18/h4-6,8,14,19H,7H2,1-3H3/t14-/m0/s1. The molecule has 1 aromatic heterocycles. The van der Waals surface area contributed by atoms with E-state index in [9.17, 15) is 14.3 Å². The van der Waals surface area contributed by atoms with Crippen LogP contribution in [-0.4, -0.2) is 16.3 Å². The monoisotopic (exact) mass is 389 g/mol. The fourth-order valence-corrected chi connectivity index (χ4v) is 2.84. The Hall–Kier alpha value is -0.950. The summed E-state index contributed by atoms with van der Waals surface area (Å²) < 4.78 is 16.1. The van der Waals surface area contributed by atoms with Crippen LogP contribution in [0.4, 0.5) is 4.39 Å². The first-order valence-electron chi connectivity index (χ1n) is 6.48. The number of fused-ring (bicyclic) bond motifs is 1. The van der Waals surface area contributed by atoms with Crippen molar-refractivity contribution in [3.05, 3.63) is 43.5 Å². The highest BCUT2D eigenvalue weighted by molar-refractivity contribution is 14.1. The number of aromatic nitrogens is 1. The second-order valence-corrected chi connectivity index (χ2v) is 6.49. The van der Waals surface area contributed by atoms with E-state index in [1.807, 2.05) is 41.0 Å². The number of rotatable bonds is 3. The van der Waals surface area contributed by atoms with Crippen molar-refractivity contribution < 1.29 is 9.50 Å². The molecule has 0 saturated heterocycles. The van der Waals surface area contributed by atoms with E-state index in [1.54, 1.807) is 19.2 Å². The zero-order valence-electron chi connectivity index (χ0n) is 11.7. The minimum atomic E-state index is -0.351. The maximum Gasteiger partial charge on any atom is 0.192 e. The van der Waals surface area contributed by atoms with Crippen LogP contribution in [0, 0.1) is 22.2 Å². The molecule has 0 aliphatic carbocycles. The first-order chi connectivity index (χ1) is 9.36. The predicted molar refractivity (Wildman–Crippen MR) is 86.6 cm³/mol. The normalized spacial score (nSPS) is 13.2. The van der Waals surface area contributed by atoms with Crippen molar-refractivity contribution in [2.24, 2.45) is 5.92 Å². The lowest BCUT2D eigenvalue weighted by atomic mass is 10.0. The van der Waals surface area contributed by atoms with E-state index in [0.29, 0.717) is 20.0 Å². The largest absolute Gasteiger partial charge is 0.394 e. The zero-order valence-corrected chi connectivity index (χ0v) is 13.8. The molecule has 108 valence electrons. The number of hydrogen-bond acceptors (Lipinski definition) is 2. The molecule has 1 atom stereocenters. The molecule has 0 spiro atoms. The highest BCUT2D eigenvalue weighted by Crippen LogP contribution is 2.25. The molecule has 5 heteroatoms. The lowest BCUT2D eigenvalue weighted by Crippen LogP contribution is -2.23. The van der Waals surface area contributed by atoms with Gasteiger partial charge in [0, 0.05) is 20.7 Å². The maximum absolute atomic E-state index is 13.8. The Morgan fingerprint density at radius 2 is 2.05 bits per heavy atom. The topological polar surface area (TPSA) is 42.2 Å². The molecule has 3 nitrogen and oxygen atoms in total. The Kier molecular flexibility index (Phi) is 4.49. The number of aliphatic hydroxyl groups excluding tert-OH is 1. The molecule has 0 fully saturated rings. The molecule has 0 aliphatic rings. The summed E-state index contributed by atoms with van der Waals surface area (Å²) in [6.07, 6.45) is 1.71. The van der Waals surface area contributed by atoms with Crippen LogP contribution < -0.4 is 5.43 Å². The third kappa shape index (κ3) is 2.61. The van der Waals surface area contributed by atoms with Gasteiger partial charge in [-0.3, -0.25) is 4.79 Å². The van der Waals surface area contributed by atoms with Gasteiger partial charge in [-0.15, -0.1) is 0 Å². The number of aryl methyl sites for hydroxylation is 1. The van der Waals surface area contributed by atoms with Gasteiger partial charge in [0.15, 0.2) is 5.43 Å². The number of nitrogens with zero attached hydrogens (tertiary/aromatic N) is 1. The smallest absolute Gasteiger partial charge is 0.192 e. The van der Waals surface area contributed by atoms with E-state index in [-0.39, 0.29) is 29.8 Å². The van der Waals surface area contributed by atoms with Crippen LogP contribution in [-0.2, 0) is 0 Å². The van der Waals surface area contributed by atoms with Gasteiger partial charge < -0.3 is 9.67 Å². The Bertz CT molecular complexity index is 709. The van der Waals surface area contributed by atoms with Gasteiger partial charge >= 0.3 is 0 Å². The summed E-state index contributed by atoms with van der Waals surface area (Å²) in [7, 11) is 0. The molecule has 0 bridgehead atoms. The molecule has 0 saturated carbocycles. The first-order valence-corrected chi connectivity index (χ1v) is 7.56. The molecule has 0 radical (unpaired) electrons. The molecular formula is C15H17FINO2. The molecule has 1 aromatic carbocycles. The first kappa shape index (κ1) is 15.4. The summed E-state index contributed by atoms with van der Waals surface area (Å²) in [4.78, 5) is 12.2. The van der Waals surface area contributed by atoms with Gasteiger partial charge in [0.05, 0.1) is 18.2 Å². The van der Waals surface area contributed by atoms with Crippen molar-refractivity contribution in [2.75, 3.05) is 6.61 Å². The highest BCUT2D eigenvalue weighted by atomic mass is 127. The van der Waals surface area contributed by atoms with E-state index < -0.39 is 0 Å². The van der Waals surface area contributed by atoms with Crippen molar-refractivity contribution in [3.63, 3.8) is 0 Å². The Balaban J connectivity index is 2.88. The zero-order chi connectivity index (χ0) is 15.0. The minimum absolute atomic E-state index is 0.0529. The van der Waals surface area contributed by atoms with Crippen molar-refractivity contribution in [1.82, 2.24) is 4.57 Å². The van der Waals surface area contributed by atoms with E-state index in [1.165, 1.54) is 6.07 Å². The van der Waals surface area contributed by atoms with Crippen LogP contribution in [0.1, 0.15) is 25.5 Å². The second-order valence-electron chi connectivity index (χ2n) is 5.33. The van der Waals surface area contributed by atoms with Gasteiger partial charge in [-0.05, 0) is 47.6 Å². The van der Waals surface area contributed by atoms with E-state index in [2.05, 4.69) is 0 Å². The van der Waals surface area contributed by atoms with Gasteiger partial charge in [-0.25, -0.2) is 4.39 Å². The van der Waals surface area contributed by atoms with Crippen LogP contribution in [0.3, 0.4) is 0 Å². The molecule has 2 aromatic rings. The quantitative estimate of drug-likeness (QED) is 0.820. The maximum atomic E-state index is 13.8. The van der Waals surface area contributed by atoms with Crippen LogP contribution in [0.5, 0.6) is 0 Å². The fraction of sp³-hybridized carbons (Fsp3) is 0.400. The van der Waals surface area contributed by atoms with Crippen LogP contribution >= 0.6 is 22.6 Å². The van der Waals surface area contributed by atoms with Gasteiger partial charge in [-0.2, -0.15) is 0 Å². The van der Waals surface area contributed by atoms with Crippen LogP contribution in [0.2, 0.25) is 0 Å². The molecule has 2 rings (SSSR count). The summed E-state index contributed by atoms with van der Waals surface area (Å²) in [5.41, 5.74) is 1.04. The van der Waals surface area contributed by atoms with E-state index in [4.69, 9.17) is 0 Å². The van der Waals surface area contributed by atoms with Crippen LogP contribution in [0.25, 0.3) is 10.9 Å². The summed E-state index contributed by atoms with van der Waals surface area (Å²) in [5.74, 6) is -0.178. The van der Waals surface area contributed by atoms with Crippen LogP contribution in [0.15, 0.2) is 23.1 Å².